The minimum atomic E-state index is -1.64. The fraction of sp³-hybridized carbons (Fsp3) is 0.719. The van der Waals surface area contributed by atoms with Gasteiger partial charge in [0.05, 0.1) is 24.9 Å². The number of allylic oxidation sites excluding steroid dienone is 4. The predicted molar refractivity (Wildman–Crippen MR) is 150 cm³/mol. The summed E-state index contributed by atoms with van der Waals surface area (Å²) in [5, 5.41) is 22.4. The molecule has 1 spiro atoms. The van der Waals surface area contributed by atoms with E-state index in [1.165, 1.54) is 5.57 Å². The van der Waals surface area contributed by atoms with Gasteiger partial charge in [0.25, 0.3) is 0 Å². The van der Waals surface area contributed by atoms with Crippen LogP contribution in [0.5, 0.6) is 0 Å². The molecule has 7 heteroatoms. The monoisotopic (exact) mass is 544 g/mol. The Morgan fingerprint density at radius 1 is 1.13 bits per heavy atom. The molecule has 39 heavy (non-hydrogen) atoms. The van der Waals surface area contributed by atoms with Gasteiger partial charge in [-0.2, -0.15) is 0 Å². The third kappa shape index (κ3) is 6.76. The van der Waals surface area contributed by atoms with Gasteiger partial charge in [-0.3, -0.25) is 4.79 Å². The number of aliphatic hydroxyl groups is 2. The molecule has 0 aromatic carbocycles. The summed E-state index contributed by atoms with van der Waals surface area (Å²) >= 11 is 0. The summed E-state index contributed by atoms with van der Waals surface area (Å²) in [6.07, 6.45) is 13.3. The quantitative estimate of drug-likeness (QED) is 0.366. The van der Waals surface area contributed by atoms with Gasteiger partial charge in [0, 0.05) is 32.8 Å². The molecule has 4 rings (SSSR count). The highest BCUT2D eigenvalue weighted by Gasteiger charge is 2.51. The van der Waals surface area contributed by atoms with Crippen LogP contribution in [0.3, 0.4) is 0 Å². The van der Waals surface area contributed by atoms with Gasteiger partial charge >= 0.3 is 5.97 Å². The zero-order chi connectivity index (χ0) is 28.4. The lowest BCUT2D eigenvalue weighted by molar-refractivity contribution is -0.332. The number of carbonyl (C=O) groups is 1. The van der Waals surface area contributed by atoms with Crippen molar-refractivity contribution < 1.29 is 34.0 Å². The lowest BCUT2D eigenvalue weighted by Gasteiger charge is -2.49. The second kappa shape index (κ2) is 12.4. The molecular formula is C32H48O7. The molecule has 0 saturated carbocycles. The van der Waals surface area contributed by atoms with E-state index in [0.29, 0.717) is 24.3 Å². The number of carbonyl (C=O) groups excluding carboxylic acids is 1. The van der Waals surface area contributed by atoms with Gasteiger partial charge in [0.1, 0.15) is 17.6 Å². The van der Waals surface area contributed by atoms with Crippen LogP contribution >= 0.6 is 0 Å². The molecule has 4 aliphatic rings. The molecule has 9 atom stereocenters. The summed E-state index contributed by atoms with van der Waals surface area (Å²) in [4.78, 5) is 13.9. The normalized spacial score (nSPS) is 45.7. The van der Waals surface area contributed by atoms with E-state index >= 15 is 0 Å². The molecule has 2 fully saturated rings. The standard InChI is InChI=1S/C32H48O7/c1-20-8-7-9-25(19-33)32(35)18-29(36-6)23(4)15-28(32)30(34)37-27-16-26(11-10-21(2)14-20)39-31(17-27)13-12-22(3)24(5)38-31/h7-10,15,20,22,24,26-29,33,35H,11-14,16-19H2,1-6H3/b8-7+,21-10+,25-9+/t20-,22-,24+,26-,27-,28-,29-,31-,32+/m0/s1. The van der Waals surface area contributed by atoms with Crippen LogP contribution in [-0.2, 0) is 23.7 Å². The van der Waals surface area contributed by atoms with E-state index in [9.17, 15) is 15.0 Å². The average molecular weight is 545 g/mol. The fourth-order valence-electron chi connectivity index (χ4n) is 6.66. The lowest BCUT2D eigenvalue weighted by atomic mass is 9.71. The van der Waals surface area contributed by atoms with Crippen molar-refractivity contribution in [1.82, 2.24) is 0 Å². The molecular weight excluding hydrogens is 496 g/mol. The summed E-state index contributed by atoms with van der Waals surface area (Å²) in [5.41, 5.74) is 0.863. The van der Waals surface area contributed by atoms with E-state index in [0.717, 1.165) is 31.3 Å². The summed E-state index contributed by atoms with van der Waals surface area (Å²) in [6.45, 7) is 10.1. The first kappa shape index (κ1) is 30.2. The molecule has 0 aromatic heterocycles. The van der Waals surface area contributed by atoms with Gasteiger partial charge in [0.2, 0.25) is 0 Å². The highest BCUT2D eigenvalue weighted by atomic mass is 16.7. The predicted octanol–water partition coefficient (Wildman–Crippen LogP) is 5.17. The van der Waals surface area contributed by atoms with Crippen LogP contribution in [0, 0.1) is 17.8 Å². The molecule has 2 saturated heterocycles. The van der Waals surface area contributed by atoms with Crippen LogP contribution in [0.15, 0.2) is 47.1 Å². The van der Waals surface area contributed by atoms with Gasteiger partial charge in [-0.1, -0.05) is 49.8 Å². The zero-order valence-corrected chi connectivity index (χ0v) is 24.5. The van der Waals surface area contributed by atoms with Crippen molar-refractivity contribution in [2.75, 3.05) is 13.7 Å². The summed E-state index contributed by atoms with van der Waals surface area (Å²) in [6, 6.07) is 0. The molecule has 3 aliphatic heterocycles. The maximum Gasteiger partial charge on any atom is 0.316 e. The number of aliphatic hydroxyl groups excluding tert-OH is 1. The first-order valence-corrected chi connectivity index (χ1v) is 14.6. The van der Waals surface area contributed by atoms with Crippen molar-refractivity contribution in [3.05, 3.63) is 47.1 Å². The highest BCUT2D eigenvalue weighted by molar-refractivity contribution is 5.78. The molecule has 2 N–H and O–H groups in total. The van der Waals surface area contributed by atoms with E-state index in [1.54, 1.807) is 19.3 Å². The van der Waals surface area contributed by atoms with Crippen molar-refractivity contribution in [3.63, 3.8) is 0 Å². The summed E-state index contributed by atoms with van der Waals surface area (Å²) in [7, 11) is 1.59. The van der Waals surface area contributed by atoms with Crippen LogP contribution in [0.4, 0.5) is 0 Å². The number of hydrogen-bond acceptors (Lipinski definition) is 7. The summed E-state index contributed by atoms with van der Waals surface area (Å²) in [5.74, 6) is -1.55. The van der Waals surface area contributed by atoms with Crippen LogP contribution < -0.4 is 0 Å². The van der Waals surface area contributed by atoms with Gasteiger partial charge in [0.15, 0.2) is 5.79 Å². The third-order valence-corrected chi connectivity index (χ3v) is 9.23. The van der Waals surface area contributed by atoms with Crippen molar-refractivity contribution in [2.45, 2.75) is 115 Å². The maximum absolute atomic E-state index is 13.9. The minimum Gasteiger partial charge on any atom is -0.462 e. The Kier molecular flexibility index (Phi) is 9.60. The van der Waals surface area contributed by atoms with Crippen molar-refractivity contribution >= 4 is 5.97 Å². The van der Waals surface area contributed by atoms with Gasteiger partial charge in [-0.05, 0) is 63.0 Å². The first-order chi connectivity index (χ1) is 18.5. The summed E-state index contributed by atoms with van der Waals surface area (Å²) < 4.78 is 25.0. The van der Waals surface area contributed by atoms with Crippen molar-refractivity contribution in [2.24, 2.45) is 17.8 Å². The van der Waals surface area contributed by atoms with E-state index in [4.69, 9.17) is 18.9 Å². The van der Waals surface area contributed by atoms with Gasteiger partial charge in [-0.15, -0.1) is 0 Å². The first-order valence-electron chi connectivity index (χ1n) is 14.6. The van der Waals surface area contributed by atoms with Crippen molar-refractivity contribution in [3.8, 4) is 0 Å². The smallest absolute Gasteiger partial charge is 0.316 e. The zero-order valence-electron chi connectivity index (χ0n) is 24.5. The molecule has 2 bridgehead atoms. The number of ether oxygens (including phenoxy) is 4. The molecule has 7 nitrogen and oxygen atoms in total. The highest BCUT2D eigenvalue weighted by Crippen LogP contribution is 2.44. The second-order valence-corrected chi connectivity index (χ2v) is 12.4. The van der Waals surface area contributed by atoms with E-state index in [1.807, 2.05) is 13.0 Å². The van der Waals surface area contributed by atoms with E-state index < -0.39 is 29.4 Å². The third-order valence-electron chi connectivity index (χ3n) is 9.23. The molecule has 0 radical (unpaired) electrons. The number of hydrogen-bond donors (Lipinski definition) is 2. The Balaban J connectivity index is 1.73. The largest absolute Gasteiger partial charge is 0.462 e. The Morgan fingerprint density at radius 3 is 2.59 bits per heavy atom. The topological polar surface area (TPSA) is 94.5 Å². The molecule has 3 heterocycles. The molecule has 0 unspecified atom stereocenters. The Morgan fingerprint density at radius 2 is 1.90 bits per heavy atom. The molecule has 1 aliphatic carbocycles. The van der Waals surface area contributed by atoms with Crippen LogP contribution in [0.2, 0.25) is 0 Å². The lowest BCUT2D eigenvalue weighted by Crippen LogP contribution is -2.55. The van der Waals surface area contributed by atoms with Gasteiger partial charge < -0.3 is 29.2 Å². The molecule has 0 aromatic rings. The van der Waals surface area contributed by atoms with Crippen LogP contribution in [0.25, 0.3) is 0 Å². The van der Waals surface area contributed by atoms with Crippen LogP contribution in [-0.4, -0.2) is 65.7 Å². The number of esters is 1. The van der Waals surface area contributed by atoms with E-state index in [2.05, 4.69) is 39.8 Å². The maximum atomic E-state index is 13.9. The Labute approximate surface area is 233 Å². The van der Waals surface area contributed by atoms with Gasteiger partial charge in [-0.25, -0.2) is 0 Å². The number of fused-ring (bicyclic) bond motifs is 3. The second-order valence-electron chi connectivity index (χ2n) is 12.4. The van der Waals surface area contributed by atoms with Crippen LogP contribution in [0.1, 0.15) is 79.6 Å². The van der Waals surface area contributed by atoms with Crippen molar-refractivity contribution in [1.29, 1.82) is 0 Å². The Hall–Kier alpha value is -1.77. The molecule has 218 valence electrons. The average Bonchev–Trinajstić information content (AvgIpc) is 2.88. The number of methoxy groups -OCH3 is 1. The Bertz CT molecular complexity index is 1010. The fourth-order valence-corrected chi connectivity index (χ4v) is 6.66. The minimum absolute atomic E-state index is 0.0499. The SMILES string of the molecule is CO[C@H]1C[C@@]2(O)/C(CO)=C/C=C/[C@H](C)C/C(C)=C/C[C@H]3C[C@@H](C[C@]4(CC[C@H](C)[C@@H](C)O4)O3)OC(=O)[C@@H]2C=C1C. The molecule has 0 amide bonds. The van der Waals surface area contributed by atoms with E-state index in [-0.39, 0.29) is 37.3 Å². The number of rotatable bonds is 2.